The third-order valence-corrected chi connectivity index (χ3v) is 5.23. The van der Waals surface area contributed by atoms with Crippen molar-refractivity contribution >= 4 is 16.7 Å². The average Bonchev–Trinajstić information content (AvgIpc) is 3.18. The molecule has 0 aromatic heterocycles. The van der Waals surface area contributed by atoms with E-state index in [4.69, 9.17) is 10.5 Å². The Bertz CT molecular complexity index is 723. The summed E-state index contributed by atoms with van der Waals surface area (Å²) in [5, 5.41) is 2.34. The number of fused-ring (bicyclic) bond motifs is 1. The zero-order valence-corrected chi connectivity index (χ0v) is 15.0. The molecular formula is C21H28N2O2. The summed E-state index contributed by atoms with van der Waals surface area (Å²) >= 11 is 0. The summed E-state index contributed by atoms with van der Waals surface area (Å²) in [6.07, 6.45) is 5.88. The summed E-state index contributed by atoms with van der Waals surface area (Å²) in [5.74, 6) is 1.07. The summed E-state index contributed by atoms with van der Waals surface area (Å²) in [5.41, 5.74) is 6.72. The van der Waals surface area contributed by atoms with Crippen molar-refractivity contribution in [2.45, 2.75) is 51.1 Å². The first-order valence-electron chi connectivity index (χ1n) is 9.28. The van der Waals surface area contributed by atoms with E-state index in [1.807, 2.05) is 18.2 Å². The maximum atomic E-state index is 12.9. The molecule has 4 nitrogen and oxygen atoms in total. The molecule has 1 aliphatic carbocycles. The number of benzene rings is 2. The van der Waals surface area contributed by atoms with Gasteiger partial charge >= 0.3 is 0 Å². The fourth-order valence-electron chi connectivity index (χ4n) is 3.87. The zero-order chi connectivity index (χ0) is 17.6. The molecule has 0 aliphatic heterocycles. The molecule has 2 aromatic rings. The van der Waals surface area contributed by atoms with Crippen LogP contribution in [0.5, 0.6) is 5.75 Å². The van der Waals surface area contributed by atoms with Gasteiger partial charge in [0, 0.05) is 18.0 Å². The SMILES string of the molecule is COc1ccc2ccccc2c1CN(C(=O)CCCN)C1CCCC1. The molecule has 0 unspecified atom stereocenters. The summed E-state index contributed by atoms with van der Waals surface area (Å²) in [6, 6.07) is 12.7. The third-order valence-electron chi connectivity index (χ3n) is 5.23. The van der Waals surface area contributed by atoms with Crippen LogP contribution in [0.4, 0.5) is 0 Å². The van der Waals surface area contributed by atoms with Crippen LogP contribution in [-0.4, -0.2) is 30.5 Å². The van der Waals surface area contributed by atoms with Crippen molar-refractivity contribution in [1.82, 2.24) is 4.90 Å². The van der Waals surface area contributed by atoms with E-state index in [1.165, 1.54) is 18.2 Å². The highest BCUT2D eigenvalue weighted by Crippen LogP contribution is 2.32. The highest BCUT2D eigenvalue weighted by atomic mass is 16.5. The topological polar surface area (TPSA) is 55.6 Å². The van der Waals surface area contributed by atoms with E-state index >= 15 is 0 Å². The second-order valence-corrected chi connectivity index (χ2v) is 6.82. The maximum Gasteiger partial charge on any atom is 0.223 e. The first-order chi connectivity index (χ1) is 12.2. The molecule has 1 amide bonds. The number of hydrogen-bond acceptors (Lipinski definition) is 3. The lowest BCUT2D eigenvalue weighted by Crippen LogP contribution is -2.38. The molecule has 1 fully saturated rings. The Morgan fingerprint density at radius 3 is 2.68 bits per heavy atom. The highest BCUT2D eigenvalue weighted by Gasteiger charge is 2.27. The lowest BCUT2D eigenvalue weighted by Gasteiger charge is -2.30. The van der Waals surface area contributed by atoms with Crippen LogP contribution in [0.25, 0.3) is 10.8 Å². The van der Waals surface area contributed by atoms with Gasteiger partial charge in [0.1, 0.15) is 5.75 Å². The summed E-state index contributed by atoms with van der Waals surface area (Å²) < 4.78 is 5.62. The van der Waals surface area contributed by atoms with E-state index in [9.17, 15) is 4.79 Å². The second kappa shape index (κ2) is 8.34. The molecule has 25 heavy (non-hydrogen) atoms. The van der Waals surface area contributed by atoms with Gasteiger partial charge < -0.3 is 15.4 Å². The minimum Gasteiger partial charge on any atom is -0.496 e. The smallest absolute Gasteiger partial charge is 0.223 e. The van der Waals surface area contributed by atoms with E-state index in [0.717, 1.165) is 36.0 Å². The summed E-state index contributed by atoms with van der Waals surface area (Å²) in [7, 11) is 1.70. The molecule has 0 saturated heterocycles. The van der Waals surface area contributed by atoms with E-state index in [2.05, 4.69) is 23.1 Å². The van der Waals surface area contributed by atoms with Crippen molar-refractivity contribution in [2.24, 2.45) is 5.73 Å². The standard InChI is InChI=1S/C21H28N2O2/c1-25-20-13-12-16-7-2-5-10-18(16)19(20)15-23(17-8-3-4-9-17)21(24)11-6-14-22/h2,5,7,10,12-13,17H,3-4,6,8-9,11,14-15,22H2,1H3. The van der Waals surface area contributed by atoms with Crippen molar-refractivity contribution in [1.29, 1.82) is 0 Å². The quantitative estimate of drug-likeness (QED) is 0.833. The second-order valence-electron chi connectivity index (χ2n) is 6.82. The number of nitrogens with two attached hydrogens (primary N) is 1. The fraction of sp³-hybridized carbons (Fsp3) is 0.476. The van der Waals surface area contributed by atoms with Crippen LogP contribution in [0.15, 0.2) is 36.4 Å². The van der Waals surface area contributed by atoms with Crippen LogP contribution >= 0.6 is 0 Å². The Labute approximate surface area is 149 Å². The lowest BCUT2D eigenvalue weighted by molar-refractivity contribution is -0.134. The minimum absolute atomic E-state index is 0.215. The maximum absolute atomic E-state index is 12.9. The van der Waals surface area contributed by atoms with Crippen LogP contribution in [0.2, 0.25) is 0 Å². The van der Waals surface area contributed by atoms with Gasteiger partial charge in [-0.3, -0.25) is 4.79 Å². The normalized spacial score (nSPS) is 14.8. The fourth-order valence-corrected chi connectivity index (χ4v) is 3.87. The molecule has 0 spiro atoms. The molecular weight excluding hydrogens is 312 g/mol. The van der Waals surface area contributed by atoms with Gasteiger partial charge in [0.2, 0.25) is 5.91 Å². The highest BCUT2D eigenvalue weighted by molar-refractivity contribution is 5.88. The number of carbonyl (C=O) groups excluding carboxylic acids is 1. The number of rotatable bonds is 7. The molecule has 0 bridgehead atoms. The van der Waals surface area contributed by atoms with Gasteiger partial charge in [-0.2, -0.15) is 0 Å². The first-order valence-corrected chi connectivity index (χ1v) is 9.28. The predicted octanol–water partition coefficient (Wildman–Crippen LogP) is 3.86. The molecule has 4 heteroatoms. The average molecular weight is 340 g/mol. The van der Waals surface area contributed by atoms with E-state index in [0.29, 0.717) is 25.6 Å². The number of carbonyl (C=O) groups is 1. The van der Waals surface area contributed by atoms with Gasteiger partial charge in [-0.1, -0.05) is 43.2 Å². The number of hydrogen-bond donors (Lipinski definition) is 1. The van der Waals surface area contributed by atoms with Gasteiger partial charge in [-0.15, -0.1) is 0 Å². The molecule has 3 rings (SSSR count). The zero-order valence-electron chi connectivity index (χ0n) is 15.0. The molecule has 0 atom stereocenters. The van der Waals surface area contributed by atoms with Gasteiger partial charge in [0.05, 0.1) is 13.7 Å². The largest absolute Gasteiger partial charge is 0.496 e. The van der Waals surface area contributed by atoms with E-state index in [-0.39, 0.29) is 5.91 Å². The van der Waals surface area contributed by atoms with E-state index < -0.39 is 0 Å². The van der Waals surface area contributed by atoms with Gasteiger partial charge in [0.15, 0.2) is 0 Å². The Morgan fingerprint density at radius 1 is 1.20 bits per heavy atom. The first kappa shape index (κ1) is 17.7. The molecule has 1 saturated carbocycles. The van der Waals surface area contributed by atoms with Gasteiger partial charge in [-0.05, 0) is 42.6 Å². The number of amides is 1. The predicted molar refractivity (Wildman–Crippen MR) is 102 cm³/mol. The monoisotopic (exact) mass is 340 g/mol. The van der Waals surface area contributed by atoms with Crippen LogP contribution < -0.4 is 10.5 Å². The van der Waals surface area contributed by atoms with Crippen LogP contribution in [-0.2, 0) is 11.3 Å². The Balaban J connectivity index is 1.95. The van der Waals surface area contributed by atoms with Crippen molar-refractivity contribution < 1.29 is 9.53 Å². The van der Waals surface area contributed by atoms with Crippen LogP contribution in [0.1, 0.15) is 44.1 Å². The molecule has 0 radical (unpaired) electrons. The molecule has 2 aromatic carbocycles. The molecule has 0 heterocycles. The van der Waals surface area contributed by atoms with E-state index in [1.54, 1.807) is 7.11 Å². The van der Waals surface area contributed by atoms with Crippen LogP contribution in [0, 0.1) is 0 Å². The molecule has 2 N–H and O–H groups in total. The number of nitrogens with zero attached hydrogens (tertiary/aromatic N) is 1. The van der Waals surface area contributed by atoms with Crippen molar-refractivity contribution in [3.05, 3.63) is 42.0 Å². The lowest BCUT2D eigenvalue weighted by atomic mass is 10.0. The van der Waals surface area contributed by atoms with Crippen LogP contribution in [0.3, 0.4) is 0 Å². The Hall–Kier alpha value is -2.07. The number of ether oxygens (including phenoxy) is 1. The van der Waals surface area contributed by atoms with Crippen molar-refractivity contribution in [3.8, 4) is 5.75 Å². The van der Waals surface area contributed by atoms with Crippen molar-refractivity contribution in [3.63, 3.8) is 0 Å². The Kier molecular flexibility index (Phi) is 5.92. The summed E-state index contributed by atoms with van der Waals surface area (Å²) in [6.45, 7) is 1.17. The molecule has 1 aliphatic rings. The molecule has 134 valence electrons. The van der Waals surface area contributed by atoms with Gasteiger partial charge in [0.25, 0.3) is 0 Å². The summed E-state index contributed by atoms with van der Waals surface area (Å²) in [4.78, 5) is 14.9. The minimum atomic E-state index is 0.215. The van der Waals surface area contributed by atoms with Crippen molar-refractivity contribution in [2.75, 3.05) is 13.7 Å². The van der Waals surface area contributed by atoms with Gasteiger partial charge in [-0.25, -0.2) is 0 Å². The Morgan fingerprint density at radius 2 is 1.96 bits per heavy atom. The number of methoxy groups -OCH3 is 1. The third kappa shape index (κ3) is 3.96.